The predicted octanol–water partition coefficient (Wildman–Crippen LogP) is 3.97. The second-order valence-corrected chi connectivity index (χ2v) is 15.0. The molecule has 4 aromatic rings. The molecule has 3 aliphatic rings. The highest BCUT2D eigenvalue weighted by molar-refractivity contribution is 7.89. The molecule has 1 atom stereocenters. The van der Waals surface area contributed by atoms with Gasteiger partial charge >= 0.3 is 6.18 Å². The molecule has 1 aliphatic carbocycles. The topological polar surface area (TPSA) is 146 Å². The molecule has 0 saturated carbocycles. The smallest absolute Gasteiger partial charge is 0.377 e. The number of carbonyl (C=O) groups excluding carboxylic acids is 1. The van der Waals surface area contributed by atoms with Crippen molar-refractivity contribution in [2.45, 2.75) is 61.7 Å². The Kier molecular flexibility index (Phi) is 8.23. The van der Waals surface area contributed by atoms with Gasteiger partial charge in [0, 0.05) is 43.0 Å². The van der Waals surface area contributed by atoms with Gasteiger partial charge in [-0.3, -0.25) is 14.3 Å². The summed E-state index contributed by atoms with van der Waals surface area (Å²) in [6.07, 6.45) is 0.559. The van der Waals surface area contributed by atoms with Crippen LogP contribution in [0.4, 0.5) is 18.9 Å². The van der Waals surface area contributed by atoms with Gasteiger partial charge in [-0.25, -0.2) is 8.42 Å². The summed E-state index contributed by atoms with van der Waals surface area (Å²) in [4.78, 5) is 32.6. The number of benzene rings is 1. The average Bonchev–Trinajstić information content (AvgIpc) is 3.77. The van der Waals surface area contributed by atoms with E-state index in [0.717, 1.165) is 23.8 Å². The standard InChI is InChI=1S/C31H32ClF3N8O5S/c1-18-16-30(8-11-41(12-9-30)49(46,47)24-5-10-40(2)38-24)25-26(18)42(17-23(44)36-22-4-3-20(15-21(22)32)31(33,34)35)29-37-27(39-43(29)28(25)45)19-6-13-48-14-7-19/h3-6,10,15,18H,7-9,11-14,16-17H2,1-2H3,(H,36,44)/t18-/m1/s1. The van der Waals surface area contributed by atoms with Crippen LogP contribution in [0.5, 0.6) is 0 Å². The number of hydrogen-bond acceptors (Lipinski definition) is 8. The number of nitrogens with one attached hydrogen (secondary N) is 1. The van der Waals surface area contributed by atoms with E-state index in [1.807, 2.05) is 13.0 Å². The SMILES string of the molecule is C[C@@H]1CC2(CCN(S(=O)(=O)c3ccn(C)n3)CC2)c2c1n(CC(=O)Nc1ccc(C(F)(F)F)cc1Cl)c1nc(C3=CCOCC3)nn1c2=O. The van der Waals surface area contributed by atoms with Gasteiger partial charge in [0.05, 0.1) is 29.5 Å². The second kappa shape index (κ2) is 12.1. The number of sulfonamides is 1. The van der Waals surface area contributed by atoms with Gasteiger partial charge in [-0.1, -0.05) is 24.6 Å². The zero-order valence-corrected chi connectivity index (χ0v) is 28.1. The Balaban J connectivity index is 1.27. The van der Waals surface area contributed by atoms with Gasteiger partial charge in [0.1, 0.15) is 6.54 Å². The lowest BCUT2D eigenvalue weighted by Gasteiger charge is -2.38. The first-order chi connectivity index (χ1) is 23.2. The van der Waals surface area contributed by atoms with Crippen LogP contribution in [0.2, 0.25) is 5.02 Å². The number of hydrogen-bond donors (Lipinski definition) is 1. The Labute approximate surface area is 283 Å². The zero-order valence-electron chi connectivity index (χ0n) is 26.5. The van der Waals surface area contributed by atoms with Crippen molar-refractivity contribution in [3.8, 4) is 0 Å². The van der Waals surface area contributed by atoms with Crippen LogP contribution in [0, 0.1) is 0 Å². The Morgan fingerprint density at radius 1 is 1.18 bits per heavy atom. The number of amides is 1. The molecule has 1 spiro atoms. The first-order valence-electron chi connectivity index (χ1n) is 15.7. The Bertz CT molecular complexity index is 2180. The molecular weight excluding hydrogens is 689 g/mol. The highest BCUT2D eigenvalue weighted by Crippen LogP contribution is 2.51. The number of piperidine rings is 1. The van der Waals surface area contributed by atoms with E-state index in [4.69, 9.17) is 21.3 Å². The summed E-state index contributed by atoms with van der Waals surface area (Å²) in [6.45, 7) is 2.73. The summed E-state index contributed by atoms with van der Waals surface area (Å²) in [6, 6.07) is 4.10. The molecule has 1 fully saturated rings. The van der Waals surface area contributed by atoms with E-state index in [2.05, 4.69) is 15.5 Å². The molecule has 1 N–H and O–H groups in total. The molecule has 1 saturated heterocycles. The molecule has 260 valence electrons. The third-order valence-corrected chi connectivity index (χ3v) is 11.7. The van der Waals surface area contributed by atoms with Gasteiger partial charge in [-0.05, 0) is 61.4 Å². The molecule has 0 radical (unpaired) electrons. The van der Waals surface area contributed by atoms with Gasteiger partial charge in [0.25, 0.3) is 15.6 Å². The lowest BCUT2D eigenvalue weighted by molar-refractivity contribution is -0.137. The highest BCUT2D eigenvalue weighted by atomic mass is 35.5. The molecule has 5 heterocycles. The van der Waals surface area contributed by atoms with E-state index >= 15 is 0 Å². The molecule has 2 aliphatic heterocycles. The Morgan fingerprint density at radius 2 is 1.94 bits per heavy atom. The van der Waals surface area contributed by atoms with E-state index in [9.17, 15) is 31.2 Å². The first kappa shape index (κ1) is 33.4. The van der Waals surface area contributed by atoms with Gasteiger partial charge in [-0.2, -0.15) is 32.1 Å². The van der Waals surface area contributed by atoms with Crippen molar-refractivity contribution in [3.05, 3.63) is 74.6 Å². The number of alkyl halides is 3. The summed E-state index contributed by atoms with van der Waals surface area (Å²) in [7, 11) is -2.21. The number of rotatable bonds is 6. The molecule has 18 heteroatoms. The zero-order chi connectivity index (χ0) is 34.9. The third kappa shape index (κ3) is 5.85. The number of anilines is 1. The molecule has 49 heavy (non-hydrogen) atoms. The molecule has 13 nitrogen and oxygen atoms in total. The number of carbonyl (C=O) groups is 1. The van der Waals surface area contributed by atoms with Crippen LogP contribution >= 0.6 is 11.6 Å². The van der Waals surface area contributed by atoms with Crippen LogP contribution in [-0.2, 0) is 44.7 Å². The summed E-state index contributed by atoms with van der Waals surface area (Å²) in [5.41, 5.74) is -0.204. The maximum absolute atomic E-state index is 14.4. The molecular formula is C31H32ClF3N8O5S. The van der Waals surface area contributed by atoms with Crippen molar-refractivity contribution in [3.63, 3.8) is 0 Å². The van der Waals surface area contributed by atoms with Gasteiger partial charge in [-0.15, -0.1) is 5.10 Å². The van der Waals surface area contributed by atoms with Gasteiger partial charge < -0.3 is 14.6 Å². The second-order valence-electron chi connectivity index (χ2n) is 12.7. The third-order valence-electron chi connectivity index (χ3n) is 9.57. The summed E-state index contributed by atoms with van der Waals surface area (Å²) < 4.78 is 77.4. The van der Waals surface area contributed by atoms with Crippen molar-refractivity contribution in [2.75, 3.05) is 31.6 Å². The number of ether oxygens (including phenoxy) is 1. The fourth-order valence-electron chi connectivity index (χ4n) is 7.29. The molecule has 0 unspecified atom stereocenters. The average molecular weight is 721 g/mol. The normalized spacial score (nSPS) is 19.7. The lowest BCUT2D eigenvalue weighted by Crippen LogP contribution is -2.46. The van der Waals surface area contributed by atoms with Crippen molar-refractivity contribution in [1.29, 1.82) is 0 Å². The lowest BCUT2D eigenvalue weighted by atomic mass is 9.74. The minimum Gasteiger partial charge on any atom is -0.377 e. The number of fused-ring (bicyclic) bond motifs is 3. The first-order valence-corrected chi connectivity index (χ1v) is 17.5. The van der Waals surface area contributed by atoms with Crippen LogP contribution in [-0.4, -0.2) is 73.9 Å². The fraction of sp³-hybridized carbons (Fsp3) is 0.452. The van der Waals surface area contributed by atoms with Crippen LogP contribution in [0.1, 0.15) is 61.2 Å². The predicted molar refractivity (Wildman–Crippen MR) is 172 cm³/mol. The van der Waals surface area contributed by atoms with Crippen LogP contribution in [0.25, 0.3) is 11.4 Å². The van der Waals surface area contributed by atoms with Crippen LogP contribution < -0.4 is 10.9 Å². The van der Waals surface area contributed by atoms with E-state index in [0.29, 0.717) is 56.0 Å². The van der Waals surface area contributed by atoms with Gasteiger partial charge in [0.2, 0.25) is 11.7 Å². The molecule has 7 rings (SSSR count). The molecule has 3 aromatic heterocycles. The van der Waals surface area contributed by atoms with E-state index in [-0.39, 0.29) is 52.6 Å². The Hall–Kier alpha value is -4.06. The number of aryl methyl sites for hydroxylation is 1. The van der Waals surface area contributed by atoms with Crippen molar-refractivity contribution < 1.29 is 31.1 Å². The van der Waals surface area contributed by atoms with E-state index < -0.39 is 33.1 Å². The van der Waals surface area contributed by atoms with Crippen LogP contribution in [0.3, 0.4) is 0 Å². The Morgan fingerprint density at radius 3 is 2.57 bits per heavy atom. The quantitative estimate of drug-likeness (QED) is 0.315. The maximum Gasteiger partial charge on any atom is 0.416 e. The van der Waals surface area contributed by atoms with E-state index in [1.54, 1.807) is 17.8 Å². The fourth-order valence-corrected chi connectivity index (χ4v) is 8.91. The minimum atomic E-state index is -4.61. The summed E-state index contributed by atoms with van der Waals surface area (Å²) >= 11 is 6.13. The highest BCUT2D eigenvalue weighted by Gasteiger charge is 2.50. The van der Waals surface area contributed by atoms with E-state index in [1.165, 1.54) is 19.6 Å². The molecule has 1 aromatic carbocycles. The number of halogens is 4. The van der Waals surface area contributed by atoms with Crippen molar-refractivity contribution in [2.24, 2.45) is 7.05 Å². The molecule has 1 amide bonds. The van der Waals surface area contributed by atoms with Crippen molar-refractivity contribution >= 4 is 44.6 Å². The maximum atomic E-state index is 14.4. The summed E-state index contributed by atoms with van der Waals surface area (Å²) in [5.74, 6) is -0.369. The minimum absolute atomic E-state index is 0.00565. The number of nitrogens with zero attached hydrogens (tertiary/aromatic N) is 7. The monoisotopic (exact) mass is 720 g/mol. The summed E-state index contributed by atoms with van der Waals surface area (Å²) in [5, 5.41) is 10.9. The van der Waals surface area contributed by atoms with Crippen molar-refractivity contribution in [1.82, 2.24) is 33.3 Å². The van der Waals surface area contributed by atoms with Gasteiger partial charge in [0.15, 0.2) is 10.9 Å². The molecule has 0 bridgehead atoms. The van der Waals surface area contributed by atoms with Crippen LogP contribution in [0.15, 0.2) is 46.4 Å². The number of aromatic nitrogens is 6. The largest absolute Gasteiger partial charge is 0.416 e.